The molecule has 0 bridgehead atoms. The van der Waals surface area contributed by atoms with Gasteiger partial charge in [-0.2, -0.15) is 5.10 Å². The lowest BCUT2D eigenvalue weighted by Gasteiger charge is -2.27. The highest BCUT2D eigenvalue weighted by Crippen LogP contribution is 2.23. The lowest BCUT2D eigenvalue weighted by Crippen LogP contribution is -2.39. The maximum absolute atomic E-state index is 4.23. The Morgan fingerprint density at radius 3 is 3.00 bits per heavy atom. The largest absolute Gasteiger partial charge is 0.351 e. The van der Waals surface area contributed by atoms with E-state index in [4.69, 9.17) is 0 Å². The minimum atomic E-state index is 0.308. The molecule has 0 spiro atoms. The van der Waals surface area contributed by atoms with E-state index >= 15 is 0 Å². The Balaban J connectivity index is 1.60. The van der Waals surface area contributed by atoms with Gasteiger partial charge < -0.3 is 10.2 Å². The van der Waals surface area contributed by atoms with Gasteiger partial charge in [0.1, 0.15) is 0 Å². The first-order valence-corrected chi connectivity index (χ1v) is 7.52. The van der Waals surface area contributed by atoms with Crippen molar-refractivity contribution in [2.24, 2.45) is 0 Å². The summed E-state index contributed by atoms with van der Waals surface area (Å²) in [7, 11) is 0. The van der Waals surface area contributed by atoms with Gasteiger partial charge in [0, 0.05) is 43.8 Å². The zero-order valence-corrected chi connectivity index (χ0v) is 12.3. The second-order valence-corrected chi connectivity index (χ2v) is 5.49. The van der Waals surface area contributed by atoms with E-state index in [1.165, 1.54) is 18.4 Å². The van der Waals surface area contributed by atoms with Crippen LogP contribution in [-0.4, -0.2) is 34.3 Å². The summed E-state index contributed by atoms with van der Waals surface area (Å²) in [5.74, 6) is 0.982. The molecule has 5 nitrogen and oxygen atoms in total. The van der Waals surface area contributed by atoms with Gasteiger partial charge in [0.15, 0.2) is 5.82 Å². The minimum absolute atomic E-state index is 0.308. The number of pyridine rings is 1. The molecule has 0 aliphatic carbocycles. The topological polar surface area (TPSA) is 53.9 Å². The lowest BCUT2D eigenvalue weighted by molar-refractivity contribution is 0.512. The average Bonchev–Trinajstić information content (AvgIpc) is 3.03. The van der Waals surface area contributed by atoms with Gasteiger partial charge in [0.05, 0.1) is 0 Å². The maximum Gasteiger partial charge on any atom is 0.151 e. The third-order valence-corrected chi connectivity index (χ3v) is 4.07. The highest BCUT2D eigenvalue weighted by Gasteiger charge is 2.25. The molecule has 1 aliphatic rings. The van der Waals surface area contributed by atoms with E-state index in [0.29, 0.717) is 12.1 Å². The molecule has 0 saturated carbocycles. The zero-order valence-electron chi connectivity index (χ0n) is 12.3. The van der Waals surface area contributed by atoms with Gasteiger partial charge in [-0.05, 0) is 43.5 Å². The predicted octanol–water partition coefficient (Wildman–Crippen LogP) is 2.19. The van der Waals surface area contributed by atoms with E-state index in [9.17, 15) is 0 Å². The molecule has 1 N–H and O–H groups in total. The molecule has 0 radical (unpaired) electrons. The first kappa shape index (κ1) is 13.9. The van der Waals surface area contributed by atoms with Crippen LogP contribution in [0.1, 0.15) is 31.4 Å². The number of aromatic nitrogens is 3. The van der Waals surface area contributed by atoms with E-state index in [0.717, 1.165) is 18.9 Å². The van der Waals surface area contributed by atoms with E-state index in [1.807, 2.05) is 30.6 Å². The molecular weight excluding hydrogens is 262 g/mol. The molecule has 2 aromatic heterocycles. The van der Waals surface area contributed by atoms with Crippen LogP contribution in [0.2, 0.25) is 0 Å². The Bertz CT molecular complexity index is 545. The molecule has 3 heterocycles. The van der Waals surface area contributed by atoms with Gasteiger partial charge in [-0.3, -0.25) is 4.98 Å². The predicted molar refractivity (Wildman–Crippen MR) is 83.1 cm³/mol. The van der Waals surface area contributed by atoms with Crippen LogP contribution in [0, 0.1) is 0 Å². The Kier molecular flexibility index (Phi) is 4.40. The molecule has 1 fully saturated rings. The molecule has 0 unspecified atom stereocenters. The number of hydrogen-bond donors (Lipinski definition) is 1. The van der Waals surface area contributed by atoms with Crippen LogP contribution in [0.4, 0.5) is 5.82 Å². The normalized spacial score (nSPS) is 19.7. The van der Waals surface area contributed by atoms with Crippen LogP contribution >= 0.6 is 0 Å². The van der Waals surface area contributed by atoms with Gasteiger partial charge in [-0.1, -0.05) is 6.07 Å². The number of nitrogens with zero attached hydrogens (tertiary/aromatic N) is 4. The summed E-state index contributed by atoms with van der Waals surface area (Å²) >= 11 is 0. The van der Waals surface area contributed by atoms with Crippen LogP contribution < -0.4 is 10.2 Å². The molecule has 1 saturated heterocycles. The van der Waals surface area contributed by atoms with Crippen LogP contribution in [-0.2, 0) is 0 Å². The van der Waals surface area contributed by atoms with Crippen molar-refractivity contribution >= 4 is 5.82 Å². The summed E-state index contributed by atoms with van der Waals surface area (Å²) in [5.41, 5.74) is 1.22. The maximum atomic E-state index is 4.23. The van der Waals surface area contributed by atoms with E-state index in [2.05, 4.69) is 38.4 Å². The fourth-order valence-corrected chi connectivity index (χ4v) is 2.86. The van der Waals surface area contributed by atoms with Crippen molar-refractivity contribution in [3.8, 4) is 0 Å². The van der Waals surface area contributed by atoms with E-state index in [-0.39, 0.29) is 0 Å². The van der Waals surface area contributed by atoms with Crippen molar-refractivity contribution in [3.05, 3.63) is 48.4 Å². The molecule has 2 aromatic rings. The Hall–Kier alpha value is -2.01. The van der Waals surface area contributed by atoms with Crippen molar-refractivity contribution in [2.75, 3.05) is 18.0 Å². The number of anilines is 1. The second kappa shape index (κ2) is 6.63. The van der Waals surface area contributed by atoms with Crippen LogP contribution in [0.25, 0.3) is 0 Å². The van der Waals surface area contributed by atoms with Crippen molar-refractivity contribution in [3.63, 3.8) is 0 Å². The Morgan fingerprint density at radius 2 is 2.24 bits per heavy atom. The number of rotatable bonds is 5. The SMILES string of the molecule is C[C@@H](NC[C@H]1CCCN1c1cccnn1)c1cccnc1. The van der Waals surface area contributed by atoms with Crippen molar-refractivity contribution in [1.29, 1.82) is 0 Å². The average molecular weight is 283 g/mol. The first-order valence-electron chi connectivity index (χ1n) is 7.52. The highest BCUT2D eigenvalue weighted by molar-refractivity contribution is 5.39. The standard InChI is InChI=1S/C16H21N5/c1-13(14-5-2-8-17-11-14)18-12-15-6-4-10-21(15)16-7-3-9-19-20-16/h2-3,5,7-9,11,13,15,18H,4,6,10,12H2,1H3/t13-,15-/m1/s1. The highest BCUT2D eigenvalue weighted by atomic mass is 15.3. The summed E-state index contributed by atoms with van der Waals surface area (Å²) in [6.07, 6.45) is 7.86. The molecule has 110 valence electrons. The van der Waals surface area contributed by atoms with Gasteiger partial charge in [-0.25, -0.2) is 0 Å². The summed E-state index contributed by atoms with van der Waals surface area (Å²) < 4.78 is 0. The first-order chi connectivity index (χ1) is 10.3. The summed E-state index contributed by atoms with van der Waals surface area (Å²) in [4.78, 5) is 6.54. The number of nitrogens with one attached hydrogen (secondary N) is 1. The third kappa shape index (κ3) is 3.36. The molecule has 21 heavy (non-hydrogen) atoms. The minimum Gasteiger partial charge on any atom is -0.351 e. The Labute approximate surface area is 125 Å². The second-order valence-electron chi connectivity index (χ2n) is 5.49. The van der Waals surface area contributed by atoms with E-state index < -0.39 is 0 Å². The fourth-order valence-electron chi connectivity index (χ4n) is 2.86. The molecule has 0 aromatic carbocycles. The van der Waals surface area contributed by atoms with Crippen molar-refractivity contribution < 1.29 is 0 Å². The van der Waals surface area contributed by atoms with Crippen LogP contribution in [0.5, 0.6) is 0 Å². The smallest absolute Gasteiger partial charge is 0.151 e. The van der Waals surface area contributed by atoms with Crippen molar-refractivity contribution in [2.45, 2.75) is 31.8 Å². The molecular formula is C16H21N5. The van der Waals surface area contributed by atoms with Crippen molar-refractivity contribution in [1.82, 2.24) is 20.5 Å². The quantitative estimate of drug-likeness (QED) is 0.911. The fraction of sp³-hybridized carbons (Fsp3) is 0.438. The lowest BCUT2D eigenvalue weighted by atomic mass is 10.1. The Morgan fingerprint density at radius 1 is 1.33 bits per heavy atom. The van der Waals surface area contributed by atoms with Gasteiger partial charge >= 0.3 is 0 Å². The zero-order chi connectivity index (χ0) is 14.5. The molecule has 2 atom stereocenters. The molecule has 5 heteroatoms. The summed E-state index contributed by atoms with van der Waals surface area (Å²) in [5, 5.41) is 11.8. The summed E-state index contributed by atoms with van der Waals surface area (Å²) in [6, 6.07) is 8.87. The molecule has 3 rings (SSSR count). The van der Waals surface area contributed by atoms with Gasteiger partial charge in [0.2, 0.25) is 0 Å². The molecule has 0 amide bonds. The van der Waals surface area contributed by atoms with Gasteiger partial charge in [-0.15, -0.1) is 5.10 Å². The van der Waals surface area contributed by atoms with Crippen LogP contribution in [0.3, 0.4) is 0 Å². The van der Waals surface area contributed by atoms with Crippen LogP contribution in [0.15, 0.2) is 42.9 Å². The molecule has 1 aliphatic heterocycles. The third-order valence-electron chi connectivity index (χ3n) is 4.07. The van der Waals surface area contributed by atoms with Gasteiger partial charge in [0.25, 0.3) is 0 Å². The van der Waals surface area contributed by atoms with E-state index in [1.54, 1.807) is 6.20 Å². The number of hydrogen-bond acceptors (Lipinski definition) is 5. The summed E-state index contributed by atoms with van der Waals surface area (Å²) in [6.45, 7) is 4.19. The monoisotopic (exact) mass is 283 g/mol.